The molecule has 8 nitrogen and oxygen atoms in total. The number of hydrogen-bond acceptors (Lipinski definition) is 7. The van der Waals surface area contributed by atoms with Crippen LogP contribution in [-0.2, 0) is 0 Å². The van der Waals surface area contributed by atoms with E-state index < -0.39 is 23.3 Å². The van der Waals surface area contributed by atoms with E-state index in [0.29, 0.717) is 40.2 Å². The monoisotopic (exact) mass is 539 g/mol. The molecule has 0 radical (unpaired) electrons. The Bertz CT molecular complexity index is 1510. The van der Waals surface area contributed by atoms with Gasteiger partial charge in [0, 0.05) is 41.7 Å². The van der Waals surface area contributed by atoms with Gasteiger partial charge >= 0.3 is 0 Å². The molecule has 38 heavy (non-hydrogen) atoms. The summed E-state index contributed by atoms with van der Waals surface area (Å²) in [6.45, 7) is 2.26. The Kier molecular flexibility index (Phi) is 7.24. The minimum Gasteiger partial charge on any atom is -0.493 e. The molecule has 1 aliphatic rings. The lowest BCUT2D eigenvalue weighted by atomic mass is 10.1. The largest absolute Gasteiger partial charge is 0.493 e. The maximum Gasteiger partial charge on any atom is 0.261 e. The van der Waals surface area contributed by atoms with Crippen LogP contribution in [-0.4, -0.2) is 35.7 Å². The predicted molar refractivity (Wildman–Crippen MR) is 141 cm³/mol. The van der Waals surface area contributed by atoms with Crippen molar-refractivity contribution in [2.45, 2.75) is 25.9 Å². The number of hydrogen-bond donors (Lipinski definition) is 1. The summed E-state index contributed by atoms with van der Waals surface area (Å²) in [6.07, 6.45) is 4.84. The van der Waals surface area contributed by atoms with Crippen molar-refractivity contribution in [3.8, 4) is 28.7 Å². The summed E-state index contributed by atoms with van der Waals surface area (Å²) in [4.78, 5) is 21.4. The number of pyridine rings is 2. The minimum absolute atomic E-state index is 0.0506. The average Bonchev–Trinajstić information content (AvgIpc) is 3.70. The van der Waals surface area contributed by atoms with Crippen LogP contribution >= 0.6 is 9.24 Å². The van der Waals surface area contributed by atoms with Crippen molar-refractivity contribution in [1.29, 1.82) is 0 Å². The molecule has 0 spiro atoms. The molecule has 0 bridgehead atoms. The Morgan fingerprint density at radius 1 is 1.03 bits per heavy atom. The summed E-state index contributed by atoms with van der Waals surface area (Å²) < 4.78 is 52.6. The molecule has 2 aromatic heterocycles. The van der Waals surface area contributed by atoms with Gasteiger partial charge in [-0.15, -0.1) is 0 Å². The van der Waals surface area contributed by atoms with Crippen molar-refractivity contribution >= 4 is 37.2 Å². The Hall–Kier alpha value is -4.04. The quantitative estimate of drug-likeness (QED) is 0.285. The molecule has 4 aromatic rings. The van der Waals surface area contributed by atoms with E-state index >= 15 is 8.78 Å². The topological polar surface area (TPSA) is 91.8 Å². The van der Waals surface area contributed by atoms with E-state index in [4.69, 9.17) is 18.9 Å². The lowest BCUT2D eigenvalue weighted by Crippen LogP contribution is -2.22. The maximum atomic E-state index is 15.1. The zero-order valence-electron chi connectivity index (χ0n) is 20.6. The van der Waals surface area contributed by atoms with Gasteiger partial charge in [0.2, 0.25) is 0 Å². The van der Waals surface area contributed by atoms with Gasteiger partial charge in [-0.2, -0.15) is 0 Å². The number of anilines is 1. The Morgan fingerprint density at radius 2 is 1.74 bits per heavy atom. The molecular formula is C27H24F2N3O5P. The second kappa shape index (κ2) is 10.8. The number of aromatic nitrogens is 2. The lowest BCUT2D eigenvalue weighted by Gasteiger charge is -2.15. The van der Waals surface area contributed by atoms with Crippen molar-refractivity contribution in [3.63, 3.8) is 0 Å². The lowest BCUT2D eigenvalue weighted by molar-refractivity contribution is 0.102. The third kappa shape index (κ3) is 5.31. The van der Waals surface area contributed by atoms with Gasteiger partial charge in [0.1, 0.15) is 17.1 Å². The fraction of sp³-hybridized carbons (Fsp3) is 0.222. The summed E-state index contributed by atoms with van der Waals surface area (Å²) in [5.41, 5.74) is 0.930. The van der Waals surface area contributed by atoms with Crippen LogP contribution < -0.4 is 29.7 Å². The molecule has 0 aliphatic heterocycles. The number of carbonyl (C=O) groups is 1. The van der Waals surface area contributed by atoms with Gasteiger partial charge in [0.15, 0.2) is 28.9 Å². The SMILES string of the molecule is CCOc1cc2nccc(Oc3c(F)cc(NC(=O)c4c(OC5CC5)ccnc4P)cc3F)c2cc1OC. The van der Waals surface area contributed by atoms with Gasteiger partial charge in [-0.25, -0.2) is 8.78 Å². The van der Waals surface area contributed by atoms with Crippen LogP contribution in [0.1, 0.15) is 30.1 Å². The first-order valence-electron chi connectivity index (χ1n) is 11.9. The van der Waals surface area contributed by atoms with Gasteiger partial charge < -0.3 is 24.3 Å². The molecule has 2 heterocycles. The van der Waals surface area contributed by atoms with Crippen molar-refractivity contribution in [2.24, 2.45) is 0 Å². The van der Waals surface area contributed by atoms with E-state index in [1.165, 1.54) is 25.6 Å². The number of halogens is 2. The fourth-order valence-electron chi connectivity index (χ4n) is 3.83. The third-order valence-electron chi connectivity index (χ3n) is 5.74. The number of rotatable bonds is 9. The molecule has 1 amide bonds. The molecule has 1 aliphatic carbocycles. The number of fused-ring (bicyclic) bond motifs is 1. The van der Waals surface area contributed by atoms with Crippen molar-refractivity contribution in [1.82, 2.24) is 9.97 Å². The molecule has 1 N–H and O–H groups in total. The highest BCUT2D eigenvalue weighted by molar-refractivity contribution is 7.27. The van der Waals surface area contributed by atoms with Crippen LogP contribution in [0.25, 0.3) is 10.9 Å². The predicted octanol–water partition coefficient (Wildman–Crippen LogP) is 5.40. The molecule has 196 valence electrons. The average molecular weight is 539 g/mol. The van der Waals surface area contributed by atoms with E-state index in [9.17, 15) is 4.79 Å². The molecular weight excluding hydrogens is 515 g/mol. The van der Waals surface area contributed by atoms with Crippen molar-refractivity contribution < 1.29 is 32.5 Å². The fourth-order valence-corrected chi connectivity index (χ4v) is 4.19. The first-order chi connectivity index (χ1) is 18.4. The molecule has 2 aromatic carbocycles. The van der Waals surface area contributed by atoms with E-state index in [-0.39, 0.29) is 23.1 Å². The molecule has 11 heteroatoms. The summed E-state index contributed by atoms with van der Waals surface area (Å²) in [5, 5.41) is 2.99. The highest BCUT2D eigenvalue weighted by Gasteiger charge is 2.27. The zero-order chi connectivity index (χ0) is 26.8. The van der Waals surface area contributed by atoms with Crippen LogP contribution in [0.5, 0.6) is 28.7 Å². The second-order valence-corrected chi connectivity index (χ2v) is 9.02. The Balaban J connectivity index is 1.42. The molecule has 0 saturated heterocycles. The van der Waals surface area contributed by atoms with Gasteiger partial charge in [-0.3, -0.25) is 14.8 Å². The minimum atomic E-state index is -1.00. The summed E-state index contributed by atoms with van der Waals surface area (Å²) >= 11 is 0. The summed E-state index contributed by atoms with van der Waals surface area (Å²) in [6, 6.07) is 8.32. The van der Waals surface area contributed by atoms with Crippen LogP contribution in [0.15, 0.2) is 48.8 Å². The Morgan fingerprint density at radius 3 is 2.42 bits per heavy atom. The molecule has 5 rings (SSSR count). The number of ether oxygens (including phenoxy) is 4. The highest BCUT2D eigenvalue weighted by Crippen LogP contribution is 2.39. The third-order valence-corrected chi connectivity index (χ3v) is 6.18. The Labute approximate surface area is 219 Å². The number of nitrogens with one attached hydrogen (secondary N) is 1. The first-order valence-corrected chi connectivity index (χ1v) is 12.4. The number of nitrogens with zero attached hydrogens (tertiary/aromatic N) is 2. The standard InChI is InChI=1S/C27H24F2N3O5P/c1-3-35-23-13-19-16(12-22(23)34-2)20(6-8-30-19)37-25-17(28)10-14(11-18(25)29)32-26(33)24-21(36-15-4-5-15)7-9-31-27(24)38/h6-13,15H,3-5,38H2,1-2H3,(H,32,33). The first kappa shape index (κ1) is 25.6. The van der Waals surface area contributed by atoms with Gasteiger partial charge in [0.05, 0.1) is 30.8 Å². The highest BCUT2D eigenvalue weighted by atomic mass is 31.0. The number of methoxy groups -OCH3 is 1. The molecule has 1 saturated carbocycles. The number of amides is 1. The number of carbonyl (C=O) groups excluding carboxylic acids is 1. The molecule has 1 fully saturated rings. The van der Waals surface area contributed by atoms with E-state index in [2.05, 4.69) is 24.5 Å². The van der Waals surface area contributed by atoms with Crippen LogP contribution in [0, 0.1) is 11.6 Å². The van der Waals surface area contributed by atoms with Crippen LogP contribution in [0.3, 0.4) is 0 Å². The van der Waals surface area contributed by atoms with Crippen LogP contribution in [0.2, 0.25) is 0 Å². The van der Waals surface area contributed by atoms with Gasteiger partial charge in [0.25, 0.3) is 5.91 Å². The van der Waals surface area contributed by atoms with Crippen LogP contribution in [0.4, 0.5) is 14.5 Å². The summed E-state index contributed by atoms with van der Waals surface area (Å²) in [5.74, 6) is -1.82. The van der Waals surface area contributed by atoms with E-state index in [0.717, 1.165) is 25.0 Å². The van der Waals surface area contributed by atoms with Crippen molar-refractivity contribution in [3.05, 3.63) is 66.0 Å². The van der Waals surface area contributed by atoms with Gasteiger partial charge in [-0.1, -0.05) is 9.24 Å². The van der Waals surface area contributed by atoms with Crippen molar-refractivity contribution in [2.75, 3.05) is 19.0 Å². The zero-order valence-corrected chi connectivity index (χ0v) is 21.7. The second-order valence-electron chi connectivity index (χ2n) is 8.47. The normalized spacial score (nSPS) is 12.8. The van der Waals surface area contributed by atoms with Gasteiger partial charge in [-0.05, 0) is 38.0 Å². The molecule has 1 unspecified atom stereocenters. The maximum absolute atomic E-state index is 15.1. The van der Waals surface area contributed by atoms with E-state index in [1.54, 1.807) is 18.2 Å². The number of benzene rings is 2. The molecule has 1 atom stereocenters. The van der Waals surface area contributed by atoms with E-state index in [1.807, 2.05) is 6.92 Å². The summed E-state index contributed by atoms with van der Waals surface area (Å²) in [7, 11) is 3.86. The smallest absolute Gasteiger partial charge is 0.261 e.